The molecule has 0 saturated carbocycles. The summed E-state index contributed by atoms with van der Waals surface area (Å²) in [6, 6.07) is 17.5. The van der Waals surface area contributed by atoms with Crippen LogP contribution in [0, 0.1) is 0 Å². The highest BCUT2D eigenvalue weighted by Crippen LogP contribution is 2.36. The van der Waals surface area contributed by atoms with Crippen LogP contribution in [0.25, 0.3) is 0 Å². The molecule has 6 heterocycles. The topological polar surface area (TPSA) is 143 Å². The van der Waals surface area contributed by atoms with Gasteiger partial charge in [0.25, 0.3) is 11.8 Å². The van der Waals surface area contributed by atoms with Crippen LogP contribution in [0.5, 0.6) is 34.5 Å². The molecule has 13 nitrogen and oxygen atoms in total. The Morgan fingerprint density at radius 1 is 0.840 bits per heavy atom. The van der Waals surface area contributed by atoms with Gasteiger partial charge in [-0.2, -0.15) is 0 Å². The van der Waals surface area contributed by atoms with Gasteiger partial charge in [-0.3, -0.25) is 14.5 Å². The molecule has 1 spiro atoms. The number of amides is 2. The van der Waals surface area contributed by atoms with E-state index in [0.717, 1.165) is 11.1 Å². The van der Waals surface area contributed by atoms with E-state index in [1.54, 1.807) is 68.8 Å². The van der Waals surface area contributed by atoms with Crippen molar-refractivity contribution in [2.75, 3.05) is 47.6 Å². The van der Waals surface area contributed by atoms with Gasteiger partial charge < -0.3 is 39.1 Å². The molecule has 262 valence electrons. The summed E-state index contributed by atoms with van der Waals surface area (Å²) in [6.45, 7) is 2.99. The third-order valence-electron chi connectivity index (χ3n) is 8.66. The molecule has 50 heavy (non-hydrogen) atoms. The van der Waals surface area contributed by atoms with Crippen molar-refractivity contribution in [1.82, 2.24) is 25.5 Å². The zero-order valence-corrected chi connectivity index (χ0v) is 28.4. The van der Waals surface area contributed by atoms with Gasteiger partial charge in [-0.25, -0.2) is 9.97 Å². The lowest BCUT2D eigenvalue weighted by Gasteiger charge is -2.40. The number of aromatic nitrogens is 2. The zero-order valence-electron chi connectivity index (χ0n) is 28.4. The number of ether oxygens (including phenoxy) is 6. The molecule has 3 aromatic carbocycles. The van der Waals surface area contributed by atoms with Crippen molar-refractivity contribution in [3.05, 3.63) is 95.6 Å². The van der Waals surface area contributed by atoms with Gasteiger partial charge in [-0.15, -0.1) is 0 Å². The summed E-state index contributed by atoms with van der Waals surface area (Å²) in [4.78, 5) is 38.1. The number of benzene rings is 3. The maximum Gasteiger partial charge on any atom is 0.264 e. The molecule has 1 fully saturated rings. The van der Waals surface area contributed by atoms with Crippen molar-refractivity contribution < 1.29 is 38.0 Å². The number of carbonyl (C=O) groups excluding carboxylic acids is 2. The minimum absolute atomic E-state index is 0.202. The van der Waals surface area contributed by atoms with E-state index in [-0.39, 0.29) is 31.5 Å². The van der Waals surface area contributed by atoms with Crippen LogP contribution in [0.2, 0.25) is 0 Å². The Balaban J connectivity index is 1.24. The van der Waals surface area contributed by atoms with Crippen molar-refractivity contribution in [2.24, 2.45) is 0 Å². The lowest BCUT2D eigenvalue weighted by Crippen LogP contribution is -2.57. The van der Waals surface area contributed by atoms with Gasteiger partial charge in [0.1, 0.15) is 36.2 Å². The molecule has 4 aromatic rings. The van der Waals surface area contributed by atoms with E-state index in [9.17, 15) is 9.59 Å². The molecule has 5 aliphatic rings. The number of nitrogens with zero attached hydrogens (tertiary/aromatic N) is 3. The quantitative estimate of drug-likeness (QED) is 0.301. The van der Waals surface area contributed by atoms with Crippen LogP contribution in [0.15, 0.2) is 73.1 Å². The fraction of sp³-hybridized carbons (Fsp3) is 0.351. The molecule has 13 heteroatoms. The van der Waals surface area contributed by atoms with Crippen LogP contribution in [0.3, 0.4) is 0 Å². The average Bonchev–Trinajstić information content (AvgIpc) is 3.14. The SMILES string of the molecule is COCc1ncc(CN2CCC3(CC2)Oc2ccc(cc2)OCCNC(=O)c2ccc(OC)c(c2)Oc2ccc(c(OC)c2)CNC3=O)cn1. The van der Waals surface area contributed by atoms with E-state index in [2.05, 4.69) is 25.5 Å². The van der Waals surface area contributed by atoms with Crippen LogP contribution < -0.4 is 34.3 Å². The minimum Gasteiger partial charge on any atom is -0.496 e. The normalized spacial score (nSPS) is 16.5. The van der Waals surface area contributed by atoms with Gasteiger partial charge >= 0.3 is 0 Å². The molecule has 9 rings (SSSR count). The summed E-state index contributed by atoms with van der Waals surface area (Å²) in [6.07, 6.45) is 4.55. The number of nitrogens with one attached hydrogen (secondary N) is 2. The number of methoxy groups -OCH3 is 3. The predicted molar refractivity (Wildman–Crippen MR) is 183 cm³/mol. The largest absolute Gasteiger partial charge is 0.496 e. The van der Waals surface area contributed by atoms with E-state index in [4.69, 9.17) is 28.4 Å². The predicted octanol–water partition coefficient (Wildman–Crippen LogP) is 4.28. The minimum atomic E-state index is -1.11. The van der Waals surface area contributed by atoms with E-state index in [1.165, 1.54) is 7.11 Å². The van der Waals surface area contributed by atoms with E-state index >= 15 is 0 Å². The van der Waals surface area contributed by atoms with E-state index in [0.29, 0.717) is 85.0 Å². The molecule has 1 aromatic heterocycles. The van der Waals surface area contributed by atoms with Gasteiger partial charge in [0.2, 0.25) is 0 Å². The van der Waals surface area contributed by atoms with E-state index in [1.807, 2.05) is 18.5 Å². The molecule has 6 bridgehead atoms. The molecule has 0 atom stereocenters. The van der Waals surface area contributed by atoms with Crippen LogP contribution in [-0.4, -0.2) is 79.9 Å². The monoisotopic (exact) mass is 683 g/mol. The third kappa shape index (κ3) is 8.24. The molecular formula is C37H41N5O8. The summed E-state index contributed by atoms with van der Waals surface area (Å²) < 4.78 is 34.9. The van der Waals surface area contributed by atoms with Gasteiger partial charge in [0, 0.05) is 81.3 Å². The van der Waals surface area contributed by atoms with Crippen molar-refractivity contribution in [3.63, 3.8) is 0 Å². The maximum atomic E-state index is 14.1. The van der Waals surface area contributed by atoms with Gasteiger partial charge in [0.05, 0.1) is 20.8 Å². The van der Waals surface area contributed by atoms with Crippen LogP contribution in [0.1, 0.15) is 40.2 Å². The third-order valence-corrected chi connectivity index (χ3v) is 8.66. The number of hydrogen-bond acceptors (Lipinski definition) is 11. The Hall–Kier alpha value is -5.40. The smallest absolute Gasteiger partial charge is 0.264 e. The standard InChI is InChI=1S/C37H41N5O8/c1-45-24-34-39-20-25(21-40-34)23-42-15-12-37(13-16-42)36(44)41-22-27-4-6-30(19-32(27)47-3)49-33-18-26(5-11-31(33)46-2)35(43)38-14-17-48-28-7-9-29(50-37)10-8-28/h4-11,18-21H,12-17,22-24H2,1-3H3,(H,38,43)(H,41,44). The van der Waals surface area contributed by atoms with E-state index < -0.39 is 5.60 Å². The summed E-state index contributed by atoms with van der Waals surface area (Å²) in [5.41, 5.74) is 1.02. The number of likely N-dealkylation sites (tertiary alicyclic amines) is 1. The molecular weight excluding hydrogens is 642 g/mol. The average molecular weight is 684 g/mol. The van der Waals surface area contributed by atoms with Gasteiger partial charge in [-0.1, -0.05) is 0 Å². The van der Waals surface area contributed by atoms with Gasteiger partial charge in [-0.05, 0) is 54.6 Å². The van der Waals surface area contributed by atoms with Crippen LogP contribution >= 0.6 is 0 Å². The molecule has 5 aliphatic heterocycles. The Morgan fingerprint density at radius 3 is 2.28 bits per heavy atom. The number of hydrogen-bond donors (Lipinski definition) is 2. The fourth-order valence-electron chi connectivity index (χ4n) is 5.93. The molecule has 0 aliphatic carbocycles. The number of carbonyl (C=O) groups is 2. The molecule has 1 saturated heterocycles. The summed E-state index contributed by atoms with van der Waals surface area (Å²) >= 11 is 0. The molecule has 2 N–H and O–H groups in total. The summed E-state index contributed by atoms with van der Waals surface area (Å²) in [5, 5.41) is 5.98. The first-order chi connectivity index (χ1) is 24.4. The maximum absolute atomic E-state index is 14.1. The van der Waals surface area contributed by atoms with Crippen molar-refractivity contribution in [2.45, 2.75) is 38.1 Å². The second kappa shape index (κ2) is 15.9. The lowest BCUT2D eigenvalue weighted by molar-refractivity contribution is -0.141. The highest BCUT2D eigenvalue weighted by atomic mass is 16.5. The first-order valence-corrected chi connectivity index (χ1v) is 16.4. The Kier molecular flexibility index (Phi) is 10.9. The Labute approximate surface area is 290 Å². The van der Waals surface area contributed by atoms with Crippen molar-refractivity contribution in [1.29, 1.82) is 0 Å². The summed E-state index contributed by atoms with van der Waals surface area (Å²) in [7, 11) is 4.70. The second-order valence-corrected chi connectivity index (χ2v) is 12.0. The highest BCUT2D eigenvalue weighted by molar-refractivity contribution is 5.95. The molecule has 0 unspecified atom stereocenters. The van der Waals surface area contributed by atoms with Gasteiger partial charge in [0.15, 0.2) is 22.9 Å². The van der Waals surface area contributed by atoms with Crippen molar-refractivity contribution in [3.8, 4) is 34.5 Å². The lowest BCUT2D eigenvalue weighted by atomic mass is 9.89. The number of rotatable bonds is 6. The first kappa shape index (κ1) is 34.5. The Bertz CT molecular complexity index is 1780. The van der Waals surface area contributed by atoms with Crippen molar-refractivity contribution >= 4 is 11.8 Å². The molecule has 2 amide bonds. The molecule has 0 radical (unpaired) electrons. The first-order valence-electron chi connectivity index (χ1n) is 16.4. The fourth-order valence-corrected chi connectivity index (χ4v) is 5.93. The van der Waals surface area contributed by atoms with Crippen LogP contribution in [0.4, 0.5) is 0 Å². The summed E-state index contributed by atoms with van der Waals surface area (Å²) in [5.74, 6) is 3.11. The zero-order chi connectivity index (χ0) is 34.9. The second-order valence-electron chi connectivity index (χ2n) is 12.0. The Morgan fingerprint density at radius 2 is 1.56 bits per heavy atom. The number of piperidine rings is 1. The van der Waals surface area contributed by atoms with Crippen LogP contribution in [-0.2, 0) is 29.2 Å². The highest BCUT2D eigenvalue weighted by Gasteiger charge is 2.44.